The summed E-state index contributed by atoms with van der Waals surface area (Å²) in [5.74, 6) is 2.33. The molecule has 0 spiro atoms. The van der Waals surface area contributed by atoms with Crippen molar-refractivity contribution in [3.8, 4) is 51.4 Å². The molecule has 0 aliphatic carbocycles. The van der Waals surface area contributed by atoms with E-state index >= 15 is 0 Å². The van der Waals surface area contributed by atoms with Crippen LogP contribution in [0.4, 0.5) is 0 Å². The van der Waals surface area contributed by atoms with Crippen LogP contribution in [-0.4, -0.2) is 29.5 Å². The molecule has 0 fully saturated rings. The lowest BCUT2D eigenvalue weighted by atomic mass is 10.0. The molecule has 7 nitrogen and oxygen atoms in total. The number of hydrogen-bond donors (Lipinski definition) is 0. The van der Waals surface area contributed by atoms with Gasteiger partial charge in [0, 0.05) is 44.5 Å². The van der Waals surface area contributed by atoms with E-state index in [4.69, 9.17) is 29.3 Å². The second-order valence-electron chi connectivity index (χ2n) is 12.1. The molecule has 0 N–H and O–H groups in total. The standard InChI is InChI=1S/C43H26N6O/c1-5-15-27(16-6-1)38-37-33-25-32-31-23-13-14-24-34(31)49(35(32)26-36(33)50-42(37)46-39(44-38)28-17-7-2-8-18-28)43-47-40(29-19-9-3-10-20-29)45-41(48-43)30-21-11-4-12-22-30/h1-26H. The van der Waals surface area contributed by atoms with Gasteiger partial charge in [-0.05, 0) is 12.1 Å². The van der Waals surface area contributed by atoms with Crippen molar-refractivity contribution in [1.82, 2.24) is 29.5 Å². The van der Waals surface area contributed by atoms with Gasteiger partial charge >= 0.3 is 0 Å². The Morgan fingerprint density at radius 1 is 0.400 bits per heavy atom. The summed E-state index contributed by atoms with van der Waals surface area (Å²) >= 11 is 0. The maximum Gasteiger partial charge on any atom is 0.238 e. The minimum atomic E-state index is 0.524. The molecule has 4 aromatic heterocycles. The molecule has 0 amide bonds. The summed E-state index contributed by atoms with van der Waals surface area (Å²) in [6.45, 7) is 0. The highest BCUT2D eigenvalue weighted by Gasteiger charge is 2.23. The molecule has 7 heteroatoms. The molecule has 0 atom stereocenters. The Labute approximate surface area is 286 Å². The van der Waals surface area contributed by atoms with Crippen LogP contribution in [0.25, 0.3) is 95.2 Å². The lowest BCUT2D eigenvalue weighted by Gasteiger charge is -2.10. The van der Waals surface area contributed by atoms with Crippen molar-refractivity contribution in [2.75, 3.05) is 0 Å². The average molecular weight is 643 g/mol. The first-order valence-electron chi connectivity index (χ1n) is 16.4. The predicted molar refractivity (Wildman–Crippen MR) is 199 cm³/mol. The molecule has 10 aromatic rings. The van der Waals surface area contributed by atoms with Crippen LogP contribution in [0.1, 0.15) is 0 Å². The van der Waals surface area contributed by atoms with Crippen LogP contribution in [0, 0.1) is 0 Å². The maximum absolute atomic E-state index is 6.64. The smallest absolute Gasteiger partial charge is 0.238 e. The highest BCUT2D eigenvalue weighted by Crippen LogP contribution is 2.41. The van der Waals surface area contributed by atoms with E-state index in [1.165, 1.54) is 0 Å². The van der Waals surface area contributed by atoms with Gasteiger partial charge in [-0.25, -0.2) is 9.97 Å². The van der Waals surface area contributed by atoms with E-state index in [9.17, 15) is 0 Å². The SMILES string of the molecule is c1ccc(-c2nc(-c3ccccc3)nc(-n3c4ccccc4c4cc5c(cc43)oc3nc(-c4ccccc4)nc(-c4ccccc4)c35)n2)cc1. The first-order valence-corrected chi connectivity index (χ1v) is 16.4. The van der Waals surface area contributed by atoms with Gasteiger partial charge in [-0.2, -0.15) is 15.0 Å². The van der Waals surface area contributed by atoms with Gasteiger partial charge in [-0.3, -0.25) is 4.57 Å². The van der Waals surface area contributed by atoms with Crippen molar-refractivity contribution in [3.05, 3.63) is 158 Å². The molecular formula is C43H26N6O. The fourth-order valence-electron chi connectivity index (χ4n) is 6.77. The van der Waals surface area contributed by atoms with Gasteiger partial charge in [0.05, 0.1) is 22.1 Å². The Morgan fingerprint density at radius 3 is 1.52 bits per heavy atom. The van der Waals surface area contributed by atoms with Gasteiger partial charge in [0.25, 0.3) is 0 Å². The van der Waals surface area contributed by atoms with E-state index in [0.29, 0.717) is 34.7 Å². The molecule has 0 unspecified atom stereocenters. The summed E-state index contributed by atoms with van der Waals surface area (Å²) in [5.41, 5.74) is 7.71. The van der Waals surface area contributed by atoms with E-state index < -0.39 is 0 Å². The van der Waals surface area contributed by atoms with E-state index in [1.54, 1.807) is 0 Å². The van der Waals surface area contributed by atoms with Crippen LogP contribution >= 0.6 is 0 Å². The molecular weight excluding hydrogens is 617 g/mol. The molecule has 234 valence electrons. The van der Waals surface area contributed by atoms with E-state index in [2.05, 4.69) is 47.0 Å². The summed E-state index contributed by atoms with van der Waals surface area (Å²) in [5, 5.41) is 3.94. The third-order valence-electron chi connectivity index (χ3n) is 9.09. The van der Waals surface area contributed by atoms with Crippen molar-refractivity contribution in [1.29, 1.82) is 0 Å². The highest BCUT2D eigenvalue weighted by atomic mass is 16.3. The Balaban J connectivity index is 1.28. The largest absolute Gasteiger partial charge is 0.437 e. The predicted octanol–water partition coefficient (Wildman–Crippen LogP) is 10.3. The molecule has 0 aliphatic rings. The van der Waals surface area contributed by atoms with Crippen molar-refractivity contribution < 1.29 is 4.42 Å². The number of benzene rings is 6. The summed E-state index contributed by atoms with van der Waals surface area (Å²) in [4.78, 5) is 25.2. The van der Waals surface area contributed by atoms with Crippen molar-refractivity contribution in [2.24, 2.45) is 0 Å². The number of nitrogens with zero attached hydrogens (tertiary/aromatic N) is 6. The van der Waals surface area contributed by atoms with Crippen LogP contribution in [0.3, 0.4) is 0 Å². The van der Waals surface area contributed by atoms with Crippen molar-refractivity contribution in [3.63, 3.8) is 0 Å². The van der Waals surface area contributed by atoms with Gasteiger partial charge in [-0.15, -0.1) is 0 Å². The highest BCUT2D eigenvalue weighted by molar-refractivity contribution is 6.19. The molecule has 0 saturated heterocycles. The van der Waals surface area contributed by atoms with Gasteiger partial charge in [0.2, 0.25) is 11.7 Å². The second kappa shape index (κ2) is 11.3. The Morgan fingerprint density at radius 2 is 0.920 bits per heavy atom. The zero-order chi connectivity index (χ0) is 33.0. The molecule has 6 aromatic carbocycles. The van der Waals surface area contributed by atoms with E-state index in [1.807, 2.05) is 115 Å². The fourth-order valence-corrected chi connectivity index (χ4v) is 6.77. The van der Waals surface area contributed by atoms with Crippen LogP contribution in [0.2, 0.25) is 0 Å². The summed E-state index contributed by atoms with van der Waals surface area (Å²) in [6, 6.07) is 52.9. The second-order valence-corrected chi connectivity index (χ2v) is 12.1. The van der Waals surface area contributed by atoms with E-state index in [-0.39, 0.29) is 0 Å². The number of aromatic nitrogens is 6. The van der Waals surface area contributed by atoms with Gasteiger partial charge in [-0.1, -0.05) is 140 Å². The maximum atomic E-state index is 6.64. The first kappa shape index (κ1) is 28.1. The third kappa shape index (κ3) is 4.56. The minimum Gasteiger partial charge on any atom is -0.437 e. The molecule has 0 saturated carbocycles. The van der Waals surface area contributed by atoms with E-state index in [0.717, 1.165) is 60.5 Å². The normalized spacial score (nSPS) is 11.6. The molecule has 0 bridgehead atoms. The van der Waals surface area contributed by atoms with Crippen LogP contribution in [-0.2, 0) is 0 Å². The van der Waals surface area contributed by atoms with Crippen molar-refractivity contribution >= 4 is 43.9 Å². The first-order chi connectivity index (χ1) is 24.8. The number of furan rings is 1. The van der Waals surface area contributed by atoms with Crippen LogP contribution in [0.15, 0.2) is 162 Å². The number of rotatable bonds is 5. The minimum absolute atomic E-state index is 0.524. The molecule has 0 radical (unpaired) electrons. The van der Waals surface area contributed by atoms with Gasteiger partial charge in [0.1, 0.15) is 5.58 Å². The Bertz CT molecular complexity index is 2790. The zero-order valence-electron chi connectivity index (χ0n) is 26.6. The molecule has 0 aliphatic heterocycles. The third-order valence-corrected chi connectivity index (χ3v) is 9.09. The lowest BCUT2D eigenvalue weighted by Crippen LogP contribution is -2.06. The summed E-state index contributed by atoms with van der Waals surface area (Å²) in [7, 11) is 0. The summed E-state index contributed by atoms with van der Waals surface area (Å²) < 4.78 is 8.75. The van der Waals surface area contributed by atoms with Gasteiger partial charge < -0.3 is 4.42 Å². The van der Waals surface area contributed by atoms with Crippen molar-refractivity contribution in [2.45, 2.75) is 0 Å². The monoisotopic (exact) mass is 642 g/mol. The van der Waals surface area contributed by atoms with Crippen LogP contribution in [0.5, 0.6) is 0 Å². The topological polar surface area (TPSA) is 82.5 Å². The average Bonchev–Trinajstić information content (AvgIpc) is 3.72. The molecule has 50 heavy (non-hydrogen) atoms. The van der Waals surface area contributed by atoms with Crippen LogP contribution < -0.4 is 0 Å². The number of hydrogen-bond acceptors (Lipinski definition) is 6. The summed E-state index contributed by atoms with van der Waals surface area (Å²) in [6.07, 6.45) is 0. The molecule has 10 rings (SSSR count). The Hall–Kier alpha value is -6.99. The van der Waals surface area contributed by atoms with Gasteiger partial charge in [0.15, 0.2) is 17.5 Å². The Kier molecular flexibility index (Phi) is 6.35. The quantitative estimate of drug-likeness (QED) is 0.186. The number of fused-ring (bicyclic) bond motifs is 6. The number of para-hydroxylation sites is 1. The molecule has 4 heterocycles. The lowest BCUT2D eigenvalue weighted by molar-refractivity contribution is 0.654. The zero-order valence-corrected chi connectivity index (χ0v) is 26.6. The fraction of sp³-hybridized carbons (Fsp3) is 0.